The van der Waals surface area contributed by atoms with Crippen LogP contribution in [0.25, 0.3) is 0 Å². The van der Waals surface area contributed by atoms with E-state index in [4.69, 9.17) is 8.85 Å². The normalized spacial score (nSPS) is 17.0. The highest BCUT2D eigenvalue weighted by Gasteiger charge is 2.50. The van der Waals surface area contributed by atoms with Crippen molar-refractivity contribution in [3.63, 3.8) is 0 Å². The van der Waals surface area contributed by atoms with Crippen LogP contribution in [0.5, 0.6) is 0 Å². The molecule has 0 saturated carbocycles. The number of hydrogen-bond donors (Lipinski definition) is 0. The van der Waals surface area contributed by atoms with Crippen molar-refractivity contribution in [2.24, 2.45) is 0 Å². The molecule has 0 aromatic rings. The molecule has 0 N–H and O–H groups in total. The molecule has 0 heterocycles. The van der Waals surface area contributed by atoms with Crippen LogP contribution < -0.4 is 0 Å². The molecule has 0 rings (SSSR count). The fraction of sp³-hybridized carbons (Fsp3) is 1.00. The standard InChI is InChI=1S/C17H40O2Si2/c1-14(2,3)18-20(11)17(9,10)16(7,8)19-21(12,13)15(4,5)6/h20H,1-13H3. The lowest BCUT2D eigenvalue weighted by Gasteiger charge is -2.51. The minimum Gasteiger partial charge on any atom is -0.415 e. The van der Waals surface area contributed by atoms with Crippen LogP contribution in [-0.2, 0) is 8.85 Å². The Hall–Kier alpha value is 0.354. The predicted molar refractivity (Wildman–Crippen MR) is 100 cm³/mol. The van der Waals surface area contributed by atoms with Crippen molar-refractivity contribution in [2.75, 3.05) is 0 Å². The smallest absolute Gasteiger partial charge is 0.192 e. The largest absolute Gasteiger partial charge is 0.415 e. The van der Waals surface area contributed by atoms with Gasteiger partial charge in [-0.2, -0.15) is 0 Å². The Balaban J connectivity index is 5.30. The molecule has 0 spiro atoms. The SMILES string of the molecule is C[SiH](OC(C)(C)C)C(C)(C)C(C)(C)O[Si](C)(C)C(C)(C)C. The van der Waals surface area contributed by atoms with E-state index in [1.54, 1.807) is 0 Å². The minimum atomic E-state index is -1.79. The predicted octanol–water partition coefficient (Wildman–Crippen LogP) is 5.74. The Labute approximate surface area is 136 Å². The van der Waals surface area contributed by atoms with Gasteiger partial charge in [0.2, 0.25) is 0 Å². The molecular formula is C17H40O2Si2. The molecule has 0 saturated heterocycles. The van der Waals surface area contributed by atoms with Crippen LogP contribution in [0.2, 0.25) is 29.7 Å². The van der Waals surface area contributed by atoms with E-state index in [1.165, 1.54) is 0 Å². The molecule has 128 valence electrons. The van der Waals surface area contributed by atoms with Crippen molar-refractivity contribution in [2.45, 2.75) is 110 Å². The lowest BCUT2D eigenvalue weighted by Crippen LogP contribution is -2.55. The lowest BCUT2D eigenvalue weighted by atomic mass is 9.94. The average molecular weight is 333 g/mol. The van der Waals surface area contributed by atoms with Gasteiger partial charge < -0.3 is 8.85 Å². The summed E-state index contributed by atoms with van der Waals surface area (Å²) in [6.45, 7) is 29.5. The topological polar surface area (TPSA) is 18.5 Å². The summed E-state index contributed by atoms with van der Waals surface area (Å²) in [5, 5.41) is 0.297. The summed E-state index contributed by atoms with van der Waals surface area (Å²) < 4.78 is 13.1. The Bertz CT molecular complexity index is 347. The highest BCUT2D eigenvalue weighted by Crippen LogP contribution is 2.49. The molecule has 2 nitrogen and oxygen atoms in total. The monoisotopic (exact) mass is 332 g/mol. The molecule has 0 aliphatic heterocycles. The molecule has 0 aromatic carbocycles. The molecule has 1 atom stereocenters. The van der Waals surface area contributed by atoms with Gasteiger partial charge in [0, 0.05) is 10.6 Å². The Kier molecular flexibility index (Phi) is 6.20. The molecule has 0 radical (unpaired) electrons. The third-order valence-corrected chi connectivity index (χ3v) is 13.8. The molecule has 0 aliphatic carbocycles. The molecule has 4 heteroatoms. The first kappa shape index (κ1) is 21.4. The Morgan fingerprint density at radius 2 is 1.14 bits per heavy atom. The van der Waals surface area contributed by atoms with Gasteiger partial charge >= 0.3 is 0 Å². The number of rotatable bonds is 5. The first-order chi connectivity index (χ1) is 8.83. The molecule has 0 bridgehead atoms. The highest BCUT2D eigenvalue weighted by molar-refractivity contribution is 6.74. The van der Waals surface area contributed by atoms with Crippen LogP contribution in [0.3, 0.4) is 0 Å². The summed E-state index contributed by atoms with van der Waals surface area (Å²) in [6, 6.07) is 0. The quantitative estimate of drug-likeness (QED) is 0.598. The fourth-order valence-corrected chi connectivity index (χ4v) is 6.45. The van der Waals surface area contributed by atoms with Gasteiger partial charge in [-0.1, -0.05) is 34.6 Å². The summed E-state index contributed by atoms with van der Waals surface area (Å²) in [7, 11) is -3.20. The summed E-state index contributed by atoms with van der Waals surface area (Å²) in [4.78, 5) is 0. The van der Waals surface area contributed by atoms with E-state index in [9.17, 15) is 0 Å². The van der Waals surface area contributed by atoms with E-state index in [0.29, 0.717) is 0 Å². The van der Waals surface area contributed by atoms with E-state index < -0.39 is 17.4 Å². The molecule has 0 aliphatic rings. The Morgan fingerprint density at radius 1 is 0.762 bits per heavy atom. The zero-order valence-corrected chi connectivity index (χ0v) is 19.0. The maximum Gasteiger partial charge on any atom is 0.192 e. The van der Waals surface area contributed by atoms with Gasteiger partial charge in [-0.3, -0.25) is 0 Å². The maximum atomic E-state index is 6.78. The van der Waals surface area contributed by atoms with E-state index in [2.05, 4.69) is 88.9 Å². The fourth-order valence-electron chi connectivity index (χ4n) is 2.09. The van der Waals surface area contributed by atoms with Crippen molar-refractivity contribution in [1.29, 1.82) is 0 Å². The van der Waals surface area contributed by atoms with Crippen LogP contribution >= 0.6 is 0 Å². The zero-order chi connectivity index (χ0) is 17.5. The van der Waals surface area contributed by atoms with Crippen molar-refractivity contribution >= 4 is 17.4 Å². The maximum absolute atomic E-state index is 6.78. The third kappa shape index (κ3) is 5.49. The second-order valence-electron chi connectivity index (χ2n) is 9.97. The minimum absolute atomic E-state index is 0.0653. The molecule has 0 fully saturated rings. The van der Waals surface area contributed by atoms with Crippen molar-refractivity contribution in [3.05, 3.63) is 0 Å². The van der Waals surface area contributed by atoms with Gasteiger partial charge in [0.05, 0.1) is 5.60 Å². The van der Waals surface area contributed by atoms with Crippen LogP contribution in [0, 0.1) is 0 Å². The van der Waals surface area contributed by atoms with E-state index in [-0.39, 0.29) is 21.3 Å². The van der Waals surface area contributed by atoms with Crippen molar-refractivity contribution in [1.82, 2.24) is 0 Å². The lowest BCUT2D eigenvalue weighted by molar-refractivity contribution is 0.0324. The first-order valence-corrected chi connectivity index (χ1v) is 13.3. The van der Waals surface area contributed by atoms with Gasteiger partial charge in [-0.25, -0.2) is 0 Å². The highest BCUT2D eigenvalue weighted by atomic mass is 28.4. The van der Waals surface area contributed by atoms with Crippen LogP contribution in [0.1, 0.15) is 69.2 Å². The van der Waals surface area contributed by atoms with E-state index in [1.807, 2.05) is 0 Å². The van der Waals surface area contributed by atoms with Crippen molar-refractivity contribution < 1.29 is 8.85 Å². The molecule has 21 heavy (non-hydrogen) atoms. The summed E-state index contributed by atoms with van der Waals surface area (Å²) in [5.41, 5.74) is -0.247. The Morgan fingerprint density at radius 3 is 1.43 bits per heavy atom. The van der Waals surface area contributed by atoms with E-state index >= 15 is 0 Å². The summed E-state index contributed by atoms with van der Waals surface area (Å²) in [6.07, 6.45) is 0. The number of hydrogen-bond acceptors (Lipinski definition) is 2. The average Bonchev–Trinajstić information content (AvgIpc) is 2.10. The van der Waals surface area contributed by atoms with Gasteiger partial charge in [0.25, 0.3) is 0 Å². The van der Waals surface area contributed by atoms with Crippen LogP contribution in [0.15, 0.2) is 0 Å². The third-order valence-electron chi connectivity index (χ3n) is 5.41. The summed E-state index contributed by atoms with van der Waals surface area (Å²) in [5.74, 6) is 0. The molecule has 1 unspecified atom stereocenters. The first-order valence-electron chi connectivity index (χ1n) is 8.21. The summed E-state index contributed by atoms with van der Waals surface area (Å²) >= 11 is 0. The van der Waals surface area contributed by atoms with Crippen molar-refractivity contribution in [3.8, 4) is 0 Å². The zero-order valence-electron chi connectivity index (χ0n) is 16.9. The second-order valence-corrected chi connectivity index (χ2v) is 17.7. The second kappa shape index (κ2) is 6.10. The molecular weight excluding hydrogens is 292 g/mol. The van der Waals surface area contributed by atoms with Gasteiger partial charge in [0.1, 0.15) is 0 Å². The van der Waals surface area contributed by atoms with Gasteiger partial charge in [-0.15, -0.1) is 0 Å². The molecule has 0 amide bonds. The van der Waals surface area contributed by atoms with Crippen LogP contribution in [-0.4, -0.2) is 28.6 Å². The molecule has 0 aromatic heterocycles. The van der Waals surface area contributed by atoms with Crippen LogP contribution in [0.4, 0.5) is 0 Å². The van der Waals surface area contributed by atoms with E-state index in [0.717, 1.165) is 0 Å². The van der Waals surface area contributed by atoms with Gasteiger partial charge in [-0.05, 0) is 59.3 Å². The van der Waals surface area contributed by atoms with Gasteiger partial charge in [0.15, 0.2) is 17.4 Å².